The number of carbonyl (C=O) groups excluding carboxylic acids is 1. The molecule has 3 aliphatic carbocycles. The molecule has 0 spiro atoms. The number of ketones is 1. The molecule has 0 radical (unpaired) electrons. The average Bonchev–Trinajstić information content (AvgIpc) is 3.25. The average molecular weight is 530 g/mol. The number of hydrogen-bond donors (Lipinski definition) is 0. The number of Topliss-reactive ketones (excluding diaryl/α,β-unsaturated/α-hetero) is 1. The summed E-state index contributed by atoms with van der Waals surface area (Å²) in [4.78, 5) is 14.0. The molecule has 0 aliphatic heterocycles. The van der Waals surface area contributed by atoms with E-state index in [1.54, 1.807) is 0 Å². The Morgan fingerprint density at radius 2 is 1.35 bits per heavy atom. The Morgan fingerprint density at radius 3 is 2.00 bits per heavy atom. The minimum absolute atomic E-state index is 0.132. The zero-order chi connectivity index (χ0) is 21.3. The third kappa shape index (κ3) is 2.76. The van der Waals surface area contributed by atoms with Gasteiger partial charge in [-0.15, -0.1) is 0 Å². The lowest BCUT2D eigenvalue weighted by atomic mass is 9.78. The summed E-state index contributed by atoms with van der Waals surface area (Å²) in [5.41, 5.74) is 9.84. The number of allylic oxidation sites excluding steroid dienone is 5. The smallest absolute Gasteiger partial charge is 0.195 e. The van der Waals surface area contributed by atoms with E-state index in [1.807, 2.05) is 36.4 Å². The molecule has 3 aromatic rings. The first-order valence-electron chi connectivity index (χ1n) is 10.4. The molecule has 150 valence electrons. The van der Waals surface area contributed by atoms with Crippen molar-refractivity contribution in [2.75, 3.05) is 0 Å². The first-order valence-corrected chi connectivity index (χ1v) is 12.0. The predicted octanol–water partition coefficient (Wildman–Crippen LogP) is 7.92. The fraction of sp³-hybridized carbons (Fsp3) is 0.107. The van der Waals surface area contributed by atoms with Crippen molar-refractivity contribution in [1.82, 2.24) is 0 Å². The van der Waals surface area contributed by atoms with Crippen LogP contribution in [0.15, 0.2) is 87.3 Å². The Kier molecular flexibility index (Phi) is 4.35. The lowest BCUT2D eigenvalue weighted by Gasteiger charge is -2.25. The first-order chi connectivity index (χ1) is 15.0. The zero-order valence-electron chi connectivity index (χ0n) is 16.8. The molecule has 0 heterocycles. The highest BCUT2D eigenvalue weighted by Crippen LogP contribution is 2.60. The molecule has 31 heavy (non-hydrogen) atoms. The molecular formula is C28H18Br2O. The van der Waals surface area contributed by atoms with Gasteiger partial charge < -0.3 is 0 Å². The molecular weight excluding hydrogens is 512 g/mol. The Labute approximate surface area is 198 Å². The van der Waals surface area contributed by atoms with Crippen LogP contribution in [0.2, 0.25) is 0 Å². The fourth-order valence-electron chi connectivity index (χ4n) is 5.34. The summed E-state index contributed by atoms with van der Waals surface area (Å²) < 4.78 is 2.02. The summed E-state index contributed by atoms with van der Waals surface area (Å²) in [5.74, 6) is 0.679. The lowest BCUT2D eigenvalue weighted by molar-refractivity contribution is -0.108. The quantitative estimate of drug-likeness (QED) is 0.329. The SMILES string of the molecule is CC1C=Cc2cccc3c2C1C1=C(c2ccc(Br)cc2)C(=O)C(c2ccc(Br)cc2)=C13. The van der Waals surface area contributed by atoms with Crippen LogP contribution in [0.5, 0.6) is 0 Å². The Balaban J connectivity index is 1.70. The summed E-state index contributed by atoms with van der Waals surface area (Å²) in [6, 6.07) is 22.8. The maximum Gasteiger partial charge on any atom is 0.195 e. The molecule has 2 atom stereocenters. The summed E-state index contributed by atoms with van der Waals surface area (Å²) in [6.07, 6.45) is 4.52. The number of rotatable bonds is 2. The van der Waals surface area contributed by atoms with Crippen molar-refractivity contribution in [3.05, 3.63) is 115 Å². The largest absolute Gasteiger partial charge is 0.289 e. The van der Waals surface area contributed by atoms with Crippen LogP contribution in [0.3, 0.4) is 0 Å². The Bertz CT molecular complexity index is 1360. The van der Waals surface area contributed by atoms with Gasteiger partial charge in [0.1, 0.15) is 0 Å². The number of hydrogen-bond acceptors (Lipinski definition) is 1. The molecule has 0 saturated heterocycles. The van der Waals surface area contributed by atoms with Crippen molar-refractivity contribution < 1.29 is 4.79 Å². The molecule has 0 fully saturated rings. The van der Waals surface area contributed by atoms with Gasteiger partial charge in [0.25, 0.3) is 0 Å². The number of halogens is 2. The molecule has 3 heteroatoms. The molecule has 0 saturated carbocycles. The van der Waals surface area contributed by atoms with Gasteiger partial charge in [-0.3, -0.25) is 4.79 Å². The van der Waals surface area contributed by atoms with E-state index in [0.29, 0.717) is 5.92 Å². The van der Waals surface area contributed by atoms with Crippen LogP contribution in [0.4, 0.5) is 0 Å². The summed E-state index contributed by atoms with van der Waals surface area (Å²) >= 11 is 7.06. The van der Waals surface area contributed by atoms with Crippen molar-refractivity contribution in [3.63, 3.8) is 0 Å². The van der Waals surface area contributed by atoms with Gasteiger partial charge >= 0.3 is 0 Å². The van der Waals surface area contributed by atoms with Crippen LogP contribution >= 0.6 is 31.9 Å². The van der Waals surface area contributed by atoms with Crippen molar-refractivity contribution in [2.45, 2.75) is 12.8 Å². The van der Waals surface area contributed by atoms with E-state index in [1.165, 1.54) is 22.3 Å². The van der Waals surface area contributed by atoms with Gasteiger partial charge in [0.05, 0.1) is 0 Å². The van der Waals surface area contributed by atoms with Crippen molar-refractivity contribution in [2.24, 2.45) is 5.92 Å². The Hall–Kier alpha value is -2.49. The normalized spacial score (nSPS) is 21.1. The second-order valence-corrected chi connectivity index (χ2v) is 10.2. The number of benzene rings is 3. The zero-order valence-corrected chi connectivity index (χ0v) is 20.0. The van der Waals surface area contributed by atoms with E-state index >= 15 is 0 Å². The molecule has 2 unspecified atom stereocenters. The second kappa shape index (κ2) is 7.01. The van der Waals surface area contributed by atoms with Crippen molar-refractivity contribution in [1.29, 1.82) is 0 Å². The van der Waals surface area contributed by atoms with Crippen LogP contribution in [0, 0.1) is 5.92 Å². The van der Waals surface area contributed by atoms with Crippen LogP contribution in [0.25, 0.3) is 22.8 Å². The molecule has 0 aromatic heterocycles. The van der Waals surface area contributed by atoms with Gasteiger partial charge in [-0.1, -0.05) is 93.4 Å². The number of carbonyl (C=O) groups is 1. The molecule has 0 amide bonds. The fourth-order valence-corrected chi connectivity index (χ4v) is 5.87. The second-order valence-electron chi connectivity index (χ2n) is 8.39. The molecule has 6 rings (SSSR count). The van der Waals surface area contributed by atoms with Crippen LogP contribution in [0.1, 0.15) is 40.7 Å². The minimum atomic E-state index is 0.132. The highest BCUT2D eigenvalue weighted by molar-refractivity contribution is 9.10. The van der Waals surface area contributed by atoms with Crippen LogP contribution in [-0.2, 0) is 4.79 Å². The molecule has 0 N–H and O–H groups in total. The third-order valence-electron chi connectivity index (χ3n) is 6.64. The molecule has 3 aromatic carbocycles. The molecule has 1 nitrogen and oxygen atoms in total. The summed E-state index contributed by atoms with van der Waals surface area (Å²) in [7, 11) is 0. The van der Waals surface area contributed by atoms with Gasteiger partial charge in [0.2, 0.25) is 0 Å². The topological polar surface area (TPSA) is 17.1 Å². The standard InChI is InChI=1S/C28H18Br2O/c1-15-5-6-16-3-2-4-21-23(16)22(15)27-25(18-9-13-20(30)14-10-18)28(31)24(26(21)27)17-7-11-19(29)12-8-17/h2-15,22H,1H3. The highest BCUT2D eigenvalue weighted by atomic mass is 79.9. The summed E-state index contributed by atoms with van der Waals surface area (Å²) in [5, 5.41) is 0. The van der Waals surface area contributed by atoms with E-state index in [-0.39, 0.29) is 11.7 Å². The molecule has 0 bridgehead atoms. The van der Waals surface area contributed by atoms with Crippen LogP contribution < -0.4 is 0 Å². The summed E-state index contributed by atoms with van der Waals surface area (Å²) in [6.45, 7) is 2.26. The molecule has 3 aliphatic rings. The van der Waals surface area contributed by atoms with Gasteiger partial charge in [0.15, 0.2) is 5.78 Å². The minimum Gasteiger partial charge on any atom is -0.289 e. The maximum atomic E-state index is 14.0. The van der Waals surface area contributed by atoms with Crippen LogP contribution in [-0.4, -0.2) is 5.78 Å². The third-order valence-corrected chi connectivity index (χ3v) is 7.70. The predicted molar refractivity (Wildman–Crippen MR) is 134 cm³/mol. The van der Waals surface area contributed by atoms with Gasteiger partial charge in [0, 0.05) is 26.0 Å². The van der Waals surface area contributed by atoms with Gasteiger partial charge in [-0.25, -0.2) is 0 Å². The lowest BCUT2D eigenvalue weighted by Crippen LogP contribution is -2.13. The highest BCUT2D eigenvalue weighted by Gasteiger charge is 2.46. The van der Waals surface area contributed by atoms with E-state index in [4.69, 9.17) is 0 Å². The van der Waals surface area contributed by atoms with E-state index in [2.05, 4.69) is 81.3 Å². The van der Waals surface area contributed by atoms with Crippen molar-refractivity contribution in [3.8, 4) is 0 Å². The van der Waals surface area contributed by atoms with E-state index in [9.17, 15) is 4.79 Å². The van der Waals surface area contributed by atoms with Crippen molar-refractivity contribution >= 4 is 60.4 Å². The van der Waals surface area contributed by atoms with E-state index in [0.717, 1.165) is 36.8 Å². The van der Waals surface area contributed by atoms with Gasteiger partial charge in [-0.05, 0) is 69.1 Å². The maximum absolute atomic E-state index is 14.0. The number of fused-ring (bicyclic) bond motifs is 3. The Morgan fingerprint density at radius 1 is 0.742 bits per heavy atom. The first kappa shape index (κ1) is 19.2. The monoisotopic (exact) mass is 528 g/mol. The van der Waals surface area contributed by atoms with E-state index < -0.39 is 0 Å². The van der Waals surface area contributed by atoms with Gasteiger partial charge in [-0.2, -0.15) is 0 Å².